The van der Waals surface area contributed by atoms with Crippen molar-refractivity contribution in [2.45, 2.75) is 10.5 Å². The van der Waals surface area contributed by atoms with Crippen molar-refractivity contribution in [1.29, 1.82) is 0 Å². The van der Waals surface area contributed by atoms with Gasteiger partial charge in [-0.1, -0.05) is 36.4 Å². The summed E-state index contributed by atoms with van der Waals surface area (Å²) in [6.07, 6.45) is 0. The van der Waals surface area contributed by atoms with Crippen LogP contribution in [0.1, 0.15) is 10.8 Å². The largest absolute Gasteiger partial charge is 0.410 e. The summed E-state index contributed by atoms with van der Waals surface area (Å²) >= 11 is 2.80. The number of hydrogen-bond donors (Lipinski definition) is 0. The third kappa shape index (κ3) is 3.62. The normalized spacial score (nSPS) is 12.1. The number of thiophene rings is 1. The molecule has 0 saturated heterocycles. The van der Waals surface area contributed by atoms with Crippen LogP contribution in [0.4, 0.5) is 0 Å². The van der Waals surface area contributed by atoms with Crippen LogP contribution in [0.25, 0.3) is 10.8 Å². The molecule has 0 aliphatic rings. The van der Waals surface area contributed by atoms with Crippen LogP contribution in [0.3, 0.4) is 0 Å². The van der Waals surface area contributed by atoms with Gasteiger partial charge in [0.2, 0.25) is 5.91 Å². The zero-order valence-electron chi connectivity index (χ0n) is 12.7. The molecule has 0 bridgehead atoms. The fourth-order valence-electron chi connectivity index (χ4n) is 1.98. The van der Waals surface area contributed by atoms with E-state index in [1.165, 1.54) is 23.1 Å². The summed E-state index contributed by atoms with van der Waals surface area (Å²) in [5.41, 5.74) is 0.909. The van der Waals surface area contributed by atoms with Crippen molar-refractivity contribution in [2.75, 3.05) is 14.1 Å². The minimum absolute atomic E-state index is 0.0166. The first-order valence-electron chi connectivity index (χ1n) is 6.95. The first kappa shape index (κ1) is 15.8. The van der Waals surface area contributed by atoms with Crippen molar-refractivity contribution in [2.24, 2.45) is 0 Å². The summed E-state index contributed by atoms with van der Waals surface area (Å²) in [7, 11) is 3.48. The maximum atomic E-state index is 12.5. The number of benzene rings is 1. The zero-order valence-corrected chi connectivity index (χ0v) is 14.3. The van der Waals surface area contributed by atoms with E-state index in [2.05, 4.69) is 10.2 Å². The molecule has 2 heterocycles. The van der Waals surface area contributed by atoms with Gasteiger partial charge in [0, 0.05) is 14.1 Å². The number of carbonyl (C=O) groups excluding carboxylic acids is 1. The molecule has 1 amide bonds. The van der Waals surface area contributed by atoms with Gasteiger partial charge in [0.1, 0.15) is 5.25 Å². The summed E-state index contributed by atoms with van der Waals surface area (Å²) in [5, 5.41) is 10.0. The molecular weight excluding hydrogens is 330 g/mol. The van der Waals surface area contributed by atoms with E-state index >= 15 is 0 Å². The van der Waals surface area contributed by atoms with Crippen LogP contribution < -0.4 is 0 Å². The number of hydrogen-bond acceptors (Lipinski definition) is 6. The lowest BCUT2D eigenvalue weighted by Gasteiger charge is -2.18. The van der Waals surface area contributed by atoms with Gasteiger partial charge < -0.3 is 9.32 Å². The second-order valence-electron chi connectivity index (χ2n) is 4.99. The molecule has 3 rings (SSSR count). The molecule has 5 nitrogen and oxygen atoms in total. The smallest absolute Gasteiger partial charge is 0.278 e. The van der Waals surface area contributed by atoms with Gasteiger partial charge in [0.15, 0.2) is 0 Å². The summed E-state index contributed by atoms with van der Waals surface area (Å²) in [6, 6.07) is 13.5. The molecule has 1 atom stereocenters. The minimum Gasteiger partial charge on any atom is -0.410 e. The highest BCUT2D eigenvalue weighted by Crippen LogP contribution is 2.37. The number of nitrogens with zero attached hydrogens (tertiary/aromatic N) is 3. The van der Waals surface area contributed by atoms with E-state index in [0.717, 1.165) is 10.4 Å². The standard InChI is InChI=1S/C16H15N3O2S2/c1-19(2)15(20)13(11-7-4-3-5-8-11)23-16-18-17-14(21-16)12-9-6-10-22-12/h3-10,13H,1-2H3/t13-/m0/s1. The van der Waals surface area contributed by atoms with E-state index in [0.29, 0.717) is 11.1 Å². The Bertz CT molecular complexity index is 770. The Labute approximate surface area is 142 Å². The Morgan fingerprint density at radius 3 is 2.61 bits per heavy atom. The van der Waals surface area contributed by atoms with Crippen molar-refractivity contribution in [1.82, 2.24) is 15.1 Å². The van der Waals surface area contributed by atoms with Crippen molar-refractivity contribution in [3.8, 4) is 10.8 Å². The van der Waals surface area contributed by atoms with Crippen LogP contribution in [-0.2, 0) is 4.79 Å². The van der Waals surface area contributed by atoms with Crippen LogP contribution in [0.15, 0.2) is 57.5 Å². The maximum absolute atomic E-state index is 12.5. The van der Waals surface area contributed by atoms with Crippen LogP contribution >= 0.6 is 23.1 Å². The first-order valence-corrected chi connectivity index (χ1v) is 8.71. The predicted octanol–water partition coefficient (Wildman–Crippen LogP) is 3.72. The van der Waals surface area contributed by atoms with Crippen LogP contribution in [0.2, 0.25) is 0 Å². The number of aromatic nitrogens is 2. The van der Waals surface area contributed by atoms with Gasteiger partial charge in [-0.2, -0.15) is 0 Å². The van der Waals surface area contributed by atoms with Gasteiger partial charge >= 0.3 is 0 Å². The van der Waals surface area contributed by atoms with Crippen LogP contribution in [0, 0.1) is 0 Å². The monoisotopic (exact) mass is 345 g/mol. The minimum atomic E-state index is -0.414. The molecule has 1 aromatic carbocycles. The number of likely N-dealkylation sites (N-methyl/N-ethyl adjacent to an activating group) is 1. The Morgan fingerprint density at radius 1 is 1.17 bits per heavy atom. The maximum Gasteiger partial charge on any atom is 0.278 e. The predicted molar refractivity (Wildman–Crippen MR) is 91.3 cm³/mol. The highest BCUT2D eigenvalue weighted by atomic mass is 32.2. The number of thioether (sulfide) groups is 1. The first-order chi connectivity index (χ1) is 11.1. The summed E-state index contributed by atoms with van der Waals surface area (Å²) in [6.45, 7) is 0. The summed E-state index contributed by atoms with van der Waals surface area (Å²) in [4.78, 5) is 15.0. The fourth-order valence-corrected chi connectivity index (χ4v) is 3.65. The number of rotatable bonds is 5. The van der Waals surface area contributed by atoms with E-state index in [4.69, 9.17) is 4.42 Å². The lowest BCUT2D eigenvalue weighted by molar-refractivity contribution is -0.128. The number of amides is 1. The molecule has 0 spiro atoms. The van der Waals surface area contributed by atoms with Gasteiger partial charge in [-0.05, 0) is 28.8 Å². The van der Waals surface area contributed by atoms with Crippen molar-refractivity contribution < 1.29 is 9.21 Å². The van der Waals surface area contributed by atoms with E-state index in [1.54, 1.807) is 19.0 Å². The van der Waals surface area contributed by atoms with Gasteiger partial charge in [0.25, 0.3) is 11.1 Å². The van der Waals surface area contributed by atoms with E-state index in [9.17, 15) is 4.79 Å². The molecule has 2 aromatic heterocycles. The highest BCUT2D eigenvalue weighted by Gasteiger charge is 2.26. The summed E-state index contributed by atoms with van der Waals surface area (Å²) < 4.78 is 5.69. The molecule has 0 fully saturated rings. The fraction of sp³-hybridized carbons (Fsp3) is 0.188. The second kappa shape index (κ2) is 6.97. The molecule has 0 radical (unpaired) electrons. The average molecular weight is 345 g/mol. The molecule has 118 valence electrons. The molecule has 0 aliphatic heterocycles. The molecule has 3 aromatic rings. The van der Waals surface area contributed by atoms with E-state index < -0.39 is 5.25 Å². The van der Waals surface area contributed by atoms with Gasteiger partial charge in [-0.15, -0.1) is 21.5 Å². The lowest BCUT2D eigenvalue weighted by Crippen LogP contribution is -2.26. The zero-order chi connectivity index (χ0) is 16.2. The molecule has 0 aliphatic carbocycles. The van der Waals surface area contributed by atoms with Crippen molar-refractivity contribution in [3.63, 3.8) is 0 Å². The molecule has 0 unspecified atom stereocenters. The van der Waals surface area contributed by atoms with E-state index in [1.807, 2.05) is 47.8 Å². The quantitative estimate of drug-likeness (QED) is 0.660. The molecule has 7 heteroatoms. The van der Waals surface area contributed by atoms with Gasteiger partial charge in [-0.3, -0.25) is 4.79 Å². The summed E-state index contributed by atoms with van der Waals surface area (Å²) in [5.74, 6) is 0.462. The SMILES string of the molecule is CN(C)C(=O)[C@@H](Sc1nnc(-c2cccs2)o1)c1ccccc1. The molecule has 23 heavy (non-hydrogen) atoms. The second-order valence-corrected chi connectivity index (χ2v) is 7.00. The molecule has 0 saturated carbocycles. The Balaban J connectivity index is 1.86. The topological polar surface area (TPSA) is 59.2 Å². The van der Waals surface area contributed by atoms with Gasteiger partial charge in [0.05, 0.1) is 4.88 Å². The third-order valence-corrected chi connectivity index (χ3v) is 5.06. The van der Waals surface area contributed by atoms with Crippen molar-refractivity contribution >= 4 is 29.0 Å². The van der Waals surface area contributed by atoms with Crippen LogP contribution in [-0.4, -0.2) is 35.1 Å². The Hall–Kier alpha value is -2.12. The highest BCUT2D eigenvalue weighted by molar-refractivity contribution is 8.00. The average Bonchev–Trinajstić information content (AvgIpc) is 3.24. The Morgan fingerprint density at radius 2 is 1.96 bits per heavy atom. The van der Waals surface area contributed by atoms with Crippen LogP contribution in [0.5, 0.6) is 0 Å². The lowest BCUT2D eigenvalue weighted by atomic mass is 10.1. The Kier molecular flexibility index (Phi) is 4.78. The van der Waals surface area contributed by atoms with Crippen molar-refractivity contribution in [3.05, 3.63) is 53.4 Å². The van der Waals surface area contributed by atoms with Gasteiger partial charge in [-0.25, -0.2) is 0 Å². The molecule has 0 N–H and O–H groups in total. The van der Waals surface area contributed by atoms with E-state index in [-0.39, 0.29) is 5.91 Å². The molecular formula is C16H15N3O2S2. The third-order valence-electron chi connectivity index (χ3n) is 3.12. The number of carbonyl (C=O) groups is 1.